The van der Waals surface area contributed by atoms with Crippen LogP contribution < -0.4 is 0 Å². The van der Waals surface area contributed by atoms with E-state index in [9.17, 15) is 0 Å². The highest BCUT2D eigenvalue weighted by Gasteiger charge is 1.81. The van der Waals surface area contributed by atoms with Gasteiger partial charge in [0, 0.05) is 0 Å². The molecular weight excluding hydrogens is 112 g/mol. The highest BCUT2D eigenvalue weighted by molar-refractivity contribution is 6.27. The standard InChI is InChI=1S/C5H9ClO/c1-3-4-7-5(2)6/h2-4H2,1H3. The van der Waals surface area contributed by atoms with Gasteiger partial charge in [0.25, 0.3) is 0 Å². The van der Waals surface area contributed by atoms with E-state index in [1.807, 2.05) is 6.92 Å². The van der Waals surface area contributed by atoms with Gasteiger partial charge < -0.3 is 4.74 Å². The van der Waals surface area contributed by atoms with Gasteiger partial charge in [-0.1, -0.05) is 6.92 Å². The third-order valence-corrected chi connectivity index (χ3v) is 0.572. The molecule has 0 amide bonds. The first-order valence-electron chi connectivity index (χ1n) is 2.24. The first-order chi connectivity index (χ1) is 3.27. The van der Waals surface area contributed by atoms with Crippen molar-refractivity contribution in [3.05, 3.63) is 11.8 Å². The summed E-state index contributed by atoms with van der Waals surface area (Å²) in [7, 11) is 0. The maximum absolute atomic E-state index is 5.24. The van der Waals surface area contributed by atoms with Crippen molar-refractivity contribution in [3.63, 3.8) is 0 Å². The third kappa shape index (κ3) is 5.83. The van der Waals surface area contributed by atoms with Crippen molar-refractivity contribution in [1.82, 2.24) is 0 Å². The van der Waals surface area contributed by atoms with Crippen LogP contribution in [0.1, 0.15) is 13.3 Å². The van der Waals surface area contributed by atoms with Gasteiger partial charge in [0.1, 0.15) is 0 Å². The Morgan fingerprint density at radius 2 is 2.43 bits per heavy atom. The summed E-state index contributed by atoms with van der Waals surface area (Å²) in [6, 6.07) is 0. The van der Waals surface area contributed by atoms with E-state index in [0.717, 1.165) is 6.42 Å². The summed E-state index contributed by atoms with van der Waals surface area (Å²) < 4.78 is 4.76. The molecular formula is C5H9ClO. The highest BCUT2D eigenvalue weighted by Crippen LogP contribution is 1.97. The Balaban J connectivity index is 2.82. The van der Waals surface area contributed by atoms with Gasteiger partial charge in [0.2, 0.25) is 0 Å². The molecule has 0 saturated heterocycles. The molecule has 0 aromatic rings. The number of ether oxygens (including phenoxy) is 1. The second kappa shape index (κ2) is 4.00. The summed E-state index contributed by atoms with van der Waals surface area (Å²) in [6.45, 7) is 6.02. The second-order valence-corrected chi connectivity index (χ2v) is 1.63. The van der Waals surface area contributed by atoms with Gasteiger partial charge in [-0.15, -0.1) is 0 Å². The Labute approximate surface area is 48.9 Å². The summed E-state index contributed by atoms with van der Waals surface area (Å²) in [5.74, 6) is 0. The van der Waals surface area contributed by atoms with Crippen molar-refractivity contribution in [2.75, 3.05) is 6.61 Å². The molecule has 0 heterocycles. The Morgan fingerprint density at radius 3 is 2.57 bits per heavy atom. The molecule has 0 aliphatic rings. The SMILES string of the molecule is C=C(Cl)OCCC. The van der Waals surface area contributed by atoms with Crippen LogP contribution in [0.4, 0.5) is 0 Å². The zero-order valence-electron chi connectivity index (χ0n) is 4.41. The molecule has 0 saturated carbocycles. The number of hydrogen-bond acceptors (Lipinski definition) is 1. The molecule has 0 N–H and O–H groups in total. The van der Waals surface area contributed by atoms with Gasteiger partial charge in [-0.2, -0.15) is 0 Å². The normalized spacial score (nSPS) is 8.29. The molecule has 0 fully saturated rings. The minimum absolute atomic E-state index is 0.279. The highest BCUT2D eigenvalue weighted by atomic mass is 35.5. The molecule has 0 rings (SSSR count). The van der Waals surface area contributed by atoms with Gasteiger partial charge in [-0.05, 0) is 24.6 Å². The average Bonchev–Trinajstić information content (AvgIpc) is 1.61. The van der Waals surface area contributed by atoms with Gasteiger partial charge in [-0.3, -0.25) is 0 Å². The zero-order chi connectivity index (χ0) is 5.70. The second-order valence-electron chi connectivity index (χ2n) is 1.20. The fourth-order valence-electron chi connectivity index (χ4n) is 0.213. The third-order valence-electron chi connectivity index (χ3n) is 0.463. The number of hydrogen-bond donors (Lipinski definition) is 0. The molecule has 2 heteroatoms. The summed E-state index contributed by atoms with van der Waals surface area (Å²) >= 11 is 5.24. The van der Waals surface area contributed by atoms with Crippen LogP contribution in [0.15, 0.2) is 11.8 Å². The van der Waals surface area contributed by atoms with Gasteiger partial charge in [0.15, 0.2) is 5.22 Å². The Hall–Kier alpha value is -0.170. The van der Waals surface area contributed by atoms with E-state index >= 15 is 0 Å². The van der Waals surface area contributed by atoms with Crippen molar-refractivity contribution in [3.8, 4) is 0 Å². The van der Waals surface area contributed by atoms with Gasteiger partial charge in [-0.25, -0.2) is 0 Å². The Morgan fingerprint density at radius 1 is 1.86 bits per heavy atom. The molecule has 0 aromatic carbocycles. The lowest BCUT2D eigenvalue weighted by Gasteiger charge is -1.96. The molecule has 0 radical (unpaired) electrons. The zero-order valence-corrected chi connectivity index (χ0v) is 5.16. The van der Waals surface area contributed by atoms with Crippen LogP contribution in [0.5, 0.6) is 0 Å². The van der Waals surface area contributed by atoms with E-state index in [-0.39, 0.29) is 5.22 Å². The predicted octanol–water partition coefficient (Wildman–Crippen LogP) is 2.12. The molecule has 7 heavy (non-hydrogen) atoms. The fourth-order valence-corrected chi connectivity index (χ4v) is 0.290. The lowest BCUT2D eigenvalue weighted by molar-refractivity contribution is 0.238. The summed E-state index contributed by atoms with van der Waals surface area (Å²) in [4.78, 5) is 0. The van der Waals surface area contributed by atoms with E-state index in [0.29, 0.717) is 6.61 Å². The van der Waals surface area contributed by atoms with Crippen LogP contribution in [0.3, 0.4) is 0 Å². The van der Waals surface area contributed by atoms with Crippen LogP contribution >= 0.6 is 11.6 Å². The fraction of sp³-hybridized carbons (Fsp3) is 0.600. The lowest BCUT2D eigenvalue weighted by Crippen LogP contribution is -1.84. The van der Waals surface area contributed by atoms with E-state index in [4.69, 9.17) is 16.3 Å². The monoisotopic (exact) mass is 120 g/mol. The summed E-state index contributed by atoms with van der Waals surface area (Å²) in [6.07, 6.45) is 0.978. The largest absolute Gasteiger partial charge is 0.483 e. The van der Waals surface area contributed by atoms with Crippen molar-refractivity contribution >= 4 is 11.6 Å². The van der Waals surface area contributed by atoms with Crippen molar-refractivity contribution in [2.45, 2.75) is 13.3 Å². The van der Waals surface area contributed by atoms with Crippen LogP contribution in [0, 0.1) is 0 Å². The summed E-state index contributed by atoms with van der Waals surface area (Å²) in [5.41, 5.74) is 0. The minimum atomic E-state index is 0.279. The Kier molecular flexibility index (Phi) is 3.90. The van der Waals surface area contributed by atoms with Crippen molar-refractivity contribution < 1.29 is 4.74 Å². The van der Waals surface area contributed by atoms with Gasteiger partial charge >= 0.3 is 0 Å². The molecule has 0 aliphatic heterocycles. The van der Waals surface area contributed by atoms with Crippen LogP contribution in [0.25, 0.3) is 0 Å². The topological polar surface area (TPSA) is 9.23 Å². The molecule has 0 aliphatic carbocycles. The first-order valence-corrected chi connectivity index (χ1v) is 2.62. The van der Waals surface area contributed by atoms with Crippen LogP contribution in [0.2, 0.25) is 0 Å². The Bertz CT molecular complexity index is 61.1. The summed E-state index contributed by atoms with van der Waals surface area (Å²) in [5, 5.41) is 0.279. The van der Waals surface area contributed by atoms with Crippen LogP contribution in [-0.2, 0) is 4.74 Å². The first kappa shape index (κ1) is 6.83. The molecule has 0 bridgehead atoms. The quantitative estimate of drug-likeness (QED) is 0.519. The maximum Gasteiger partial charge on any atom is 0.179 e. The number of halogens is 1. The maximum atomic E-state index is 5.24. The average molecular weight is 121 g/mol. The molecule has 0 unspecified atom stereocenters. The van der Waals surface area contributed by atoms with E-state index in [1.165, 1.54) is 0 Å². The van der Waals surface area contributed by atoms with Crippen molar-refractivity contribution in [2.24, 2.45) is 0 Å². The molecule has 0 atom stereocenters. The van der Waals surface area contributed by atoms with E-state index < -0.39 is 0 Å². The molecule has 0 spiro atoms. The molecule has 0 aromatic heterocycles. The molecule has 42 valence electrons. The van der Waals surface area contributed by atoms with Gasteiger partial charge in [0.05, 0.1) is 6.61 Å². The minimum Gasteiger partial charge on any atom is -0.483 e. The predicted molar refractivity (Wildman–Crippen MR) is 31.2 cm³/mol. The lowest BCUT2D eigenvalue weighted by atomic mass is 10.5. The smallest absolute Gasteiger partial charge is 0.179 e. The molecule has 1 nitrogen and oxygen atoms in total. The van der Waals surface area contributed by atoms with Crippen LogP contribution in [-0.4, -0.2) is 6.61 Å². The van der Waals surface area contributed by atoms with E-state index in [2.05, 4.69) is 6.58 Å². The van der Waals surface area contributed by atoms with E-state index in [1.54, 1.807) is 0 Å². The van der Waals surface area contributed by atoms with Crippen molar-refractivity contribution in [1.29, 1.82) is 0 Å². The number of rotatable bonds is 3.